The summed E-state index contributed by atoms with van der Waals surface area (Å²) in [6, 6.07) is 1.73. The summed E-state index contributed by atoms with van der Waals surface area (Å²) in [6.45, 7) is 2.61. The van der Waals surface area contributed by atoms with Crippen LogP contribution in [-0.2, 0) is 28.5 Å². The van der Waals surface area contributed by atoms with Gasteiger partial charge in [-0.3, -0.25) is 9.59 Å². The van der Waals surface area contributed by atoms with Gasteiger partial charge in [0.1, 0.15) is 36.6 Å². The van der Waals surface area contributed by atoms with Gasteiger partial charge in [-0.25, -0.2) is 0 Å². The van der Waals surface area contributed by atoms with Gasteiger partial charge in [0, 0.05) is 24.8 Å². The number of carbonyl (C=O) groups excluding carboxylic acids is 2. The van der Waals surface area contributed by atoms with E-state index in [2.05, 4.69) is 0 Å². The molecule has 13 atom stereocenters. The average Bonchev–Trinajstić information content (AvgIpc) is 3.41. The van der Waals surface area contributed by atoms with Crippen LogP contribution in [0.5, 0.6) is 0 Å². The zero-order chi connectivity index (χ0) is 27.4. The minimum Gasteiger partial charge on any atom is -0.472 e. The maximum absolute atomic E-state index is 13.2. The number of hydrogen-bond donors (Lipinski definition) is 5. The molecule has 4 fully saturated rings. The number of rotatable bonds is 5. The van der Waals surface area contributed by atoms with Crippen molar-refractivity contribution >= 4 is 11.9 Å². The third kappa shape index (κ3) is 4.66. The minimum atomic E-state index is -1.61. The van der Waals surface area contributed by atoms with Crippen LogP contribution < -0.4 is 0 Å². The summed E-state index contributed by atoms with van der Waals surface area (Å²) in [5.74, 6) is -2.24. The molecule has 0 amide bonds. The van der Waals surface area contributed by atoms with Gasteiger partial charge in [-0.1, -0.05) is 6.92 Å². The molecule has 2 aliphatic heterocycles. The summed E-state index contributed by atoms with van der Waals surface area (Å²) in [6.07, 6.45) is -6.16. The first-order valence-electron chi connectivity index (χ1n) is 13.1. The number of esters is 2. The topological polar surface area (TPSA) is 185 Å². The maximum Gasteiger partial charge on any atom is 0.310 e. The Bertz CT molecular complexity index is 996. The Balaban J connectivity index is 1.47. The SMILES string of the molecule is CC(=O)O[C@@H]1[C@@H]2[C@@H](CC[C@H]3C(=O)O[C@@H](c4ccoc4)C[C@]23C)[C@@H](O[C@H]2O[C@H](CO)[C@@H](O)[C@H](O)[C@H]2O)C[C@@H]1O. The fourth-order valence-electron chi connectivity index (χ4n) is 7.24. The quantitative estimate of drug-likeness (QED) is 0.310. The molecule has 12 heteroatoms. The van der Waals surface area contributed by atoms with E-state index in [1.165, 1.54) is 19.5 Å². The minimum absolute atomic E-state index is 0.0461. The molecule has 0 spiro atoms. The van der Waals surface area contributed by atoms with Crippen molar-refractivity contribution < 1.29 is 58.5 Å². The molecule has 0 radical (unpaired) electrons. The molecule has 12 nitrogen and oxygen atoms in total. The number of furan rings is 1. The number of fused-ring (bicyclic) bond motifs is 3. The first kappa shape index (κ1) is 27.5. The number of hydrogen-bond acceptors (Lipinski definition) is 12. The Hall–Kier alpha value is -2.06. The molecule has 0 bridgehead atoms. The van der Waals surface area contributed by atoms with E-state index in [-0.39, 0.29) is 18.3 Å². The van der Waals surface area contributed by atoms with E-state index in [1.54, 1.807) is 6.07 Å². The van der Waals surface area contributed by atoms with E-state index in [0.717, 1.165) is 0 Å². The zero-order valence-corrected chi connectivity index (χ0v) is 21.3. The number of aliphatic hydroxyl groups excluding tert-OH is 5. The fourth-order valence-corrected chi connectivity index (χ4v) is 7.24. The van der Waals surface area contributed by atoms with Crippen LogP contribution in [0.3, 0.4) is 0 Å². The molecule has 0 unspecified atom stereocenters. The zero-order valence-electron chi connectivity index (χ0n) is 21.3. The van der Waals surface area contributed by atoms with Crippen molar-refractivity contribution in [1.82, 2.24) is 0 Å². The van der Waals surface area contributed by atoms with Crippen LogP contribution in [-0.4, -0.2) is 93.1 Å². The van der Waals surface area contributed by atoms with E-state index < -0.39 is 84.9 Å². The molecular formula is C26H36O12. The molecule has 212 valence electrons. The Labute approximate surface area is 219 Å². The van der Waals surface area contributed by atoms with E-state index in [4.69, 9.17) is 23.4 Å². The molecule has 38 heavy (non-hydrogen) atoms. The molecule has 2 aliphatic carbocycles. The standard InChI is InChI=1S/C26H36O12/c1-11(28)35-23-15(29)7-16(37-25-22(32)21(31)20(30)18(9-27)38-25)13-3-4-14-24(33)36-17(12-5-6-34-10-12)8-26(14,2)19(13)23/h5-6,10,13-23,25,27,29-32H,3-4,7-9H2,1-2H3/t13-,14-,15-,16-,17+,18+,19-,20+,21-,22+,23-,25-,26-/m0/s1. The molecule has 1 aromatic heterocycles. The summed E-state index contributed by atoms with van der Waals surface area (Å²) in [5, 5.41) is 51.7. The van der Waals surface area contributed by atoms with Crippen LogP contribution in [0.4, 0.5) is 0 Å². The van der Waals surface area contributed by atoms with Crippen molar-refractivity contribution in [3.63, 3.8) is 0 Å². The van der Waals surface area contributed by atoms with Gasteiger partial charge in [-0.2, -0.15) is 0 Å². The first-order chi connectivity index (χ1) is 18.0. The number of carbonyl (C=O) groups is 2. The van der Waals surface area contributed by atoms with Gasteiger partial charge in [0.25, 0.3) is 0 Å². The molecule has 4 aliphatic rings. The van der Waals surface area contributed by atoms with Crippen LogP contribution >= 0.6 is 0 Å². The average molecular weight is 541 g/mol. The summed E-state index contributed by atoms with van der Waals surface area (Å²) in [7, 11) is 0. The van der Waals surface area contributed by atoms with Crippen molar-refractivity contribution in [3.05, 3.63) is 24.2 Å². The van der Waals surface area contributed by atoms with Crippen molar-refractivity contribution in [1.29, 1.82) is 0 Å². The summed E-state index contributed by atoms with van der Waals surface area (Å²) in [5.41, 5.74) is -0.0479. The Morgan fingerprint density at radius 1 is 1.16 bits per heavy atom. The molecule has 2 saturated carbocycles. The highest BCUT2D eigenvalue weighted by molar-refractivity contribution is 5.75. The number of cyclic esters (lactones) is 1. The van der Waals surface area contributed by atoms with Crippen molar-refractivity contribution in [3.8, 4) is 0 Å². The Morgan fingerprint density at radius 2 is 1.92 bits per heavy atom. The first-order valence-corrected chi connectivity index (χ1v) is 13.1. The second-order valence-corrected chi connectivity index (χ2v) is 11.3. The normalized spacial score (nSPS) is 47.0. The fraction of sp³-hybridized carbons (Fsp3) is 0.769. The number of aliphatic hydroxyl groups is 5. The lowest BCUT2D eigenvalue weighted by atomic mass is 9.49. The highest BCUT2D eigenvalue weighted by atomic mass is 16.7. The third-order valence-corrected chi connectivity index (χ3v) is 9.03. The van der Waals surface area contributed by atoms with Gasteiger partial charge in [0.05, 0.1) is 37.3 Å². The largest absolute Gasteiger partial charge is 0.472 e. The van der Waals surface area contributed by atoms with Crippen molar-refractivity contribution in [2.45, 2.75) is 94.7 Å². The maximum atomic E-state index is 13.2. The van der Waals surface area contributed by atoms with Gasteiger partial charge in [-0.05, 0) is 36.7 Å². The highest BCUT2D eigenvalue weighted by Crippen LogP contribution is 2.60. The van der Waals surface area contributed by atoms with Crippen LogP contribution in [0.15, 0.2) is 23.0 Å². The van der Waals surface area contributed by atoms with Gasteiger partial charge < -0.3 is 48.9 Å². The summed E-state index contributed by atoms with van der Waals surface area (Å²) < 4.78 is 28.4. The Kier molecular flexibility index (Phi) is 7.59. The lowest BCUT2D eigenvalue weighted by Gasteiger charge is -2.59. The Morgan fingerprint density at radius 3 is 2.58 bits per heavy atom. The number of ether oxygens (including phenoxy) is 4. The van der Waals surface area contributed by atoms with Crippen LogP contribution in [0.2, 0.25) is 0 Å². The monoisotopic (exact) mass is 540 g/mol. The summed E-state index contributed by atoms with van der Waals surface area (Å²) in [4.78, 5) is 25.3. The van der Waals surface area contributed by atoms with Crippen molar-refractivity contribution in [2.24, 2.45) is 23.2 Å². The molecule has 2 saturated heterocycles. The van der Waals surface area contributed by atoms with E-state index >= 15 is 0 Å². The van der Waals surface area contributed by atoms with Gasteiger partial charge >= 0.3 is 11.9 Å². The van der Waals surface area contributed by atoms with Crippen LogP contribution in [0, 0.1) is 23.2 Å². The smallest absolute Gasteiger partial charge is 0.310 e. The second-order valence-electron chi connectivity index (χ2n) is 11.3. The lowest BCUT2D eigenvalue weighted by Crippen LogP contribution is -2.65. The summed E-state index contributed by atoms with van der Waals surface area (Å²) >= 11 is 0. The molecule has 3 heterocycles. The molecule has 1 aromatic rings. The molecule has 5 N–H and O–H groups in total. The van der Waals surface area contributed by atoms with E-state index in [9.17, 15) is 35.1 Å². The van der Waals surface area contributed by atoms with E-state index in [1.807, 2.05) is 6.92 Å². The van der Waals surface area contributed by atoms with Crippen LogP contribution in [0.25, 0.3) is 0 Å². The predicted molar refractivity (Wildman–Crippen MR) is 125 cm³/mol. The second kappa shape index (κ2) is 10.5. The van der Waals surface area contributed by atoms with Gasteiger partial charge in [-0.15, -0.1) is 0 Å². The third-order valence-electron chi connectivity index (χ3n) is 9.03. The van der Waals surface area contributed by atoms with Gasteiger partial charge in [0.15, 0.2) is 6.29 Å². The molecular weight excluding hydrogens is 504 g/mol. The molecule has 5 rings (SSSR count). The van der Waals surface area contributed by atoms with Crippen molar-refractivity contribution in [2.75, 3.05) is 6.61 Å². The van der Waals surface area contributed by atoms with E-state index in [0.29, 0.717) is 24.8 Å². The van der Waals surface area contributed by atoms with Gasteiger partial charge in [0.2, 0.25) is 0 Å². The highest BCUT2D eigenvalue weighted by Gasteiger charge is 2.63. The predicted octanol–water partition coefficient (Wildman–Crippen LogP) is -0.202. The van der Waals surface area contributed by atoms with Crippen LogP contribution in [0.1, 0.15) is 51.2 Å². The lowest BCUT2D eigenvalue weighted by molar-refractivity contribution is -0.328. The molecule has 0 aromatic carbocycles.